The third-order valence-corrected chi connectivity index (χ3v) is 6.54. The maximum Gasteiger partial charge on any atom is 0.262 e. The second kappa shape index (κ2) is 7.69. The minimum absolute atomic E-state index is 0. The highest BCUT2D eigenvalue weighted by Crippen LogP contribution is 2.32. The molecule has 3 aliphatic heterocycles. The fourth-order valence-corrected chi connectivity index (χ4v) is 5.28. The molecule has 0 saturated carbocycles. The van der Waals surface area contributed by atoms with Crippen LogP contribution in [0, 0.1) is 0 Å². The van der Waals surface area contributed by atoms with Gasteiger partial charge in [0.15, 0.2) is 0 Å². The largest absolute Gasteiger partial charge is 0.346 e. The van der Waals surface area contributed by atoms with Crippen LogP contribution in [0.1, 0.15) is 19.3 Å². The van der Waals surface area contributed by atoms with E-state index in [0.717, 1.165) is 60.0 Å². The van der Waals surface area contributed by atoms with Crippen molar-refractivity contribution in [1.29, 1.82) is 0 Å². The lowest BCUT2D eigenvalue weighted by molar-refractivity contribution is -0.130. The molecule has 1 amide bonds. The molecule has 2 aromatic heterocycles. The number of likely N-dealkylation sites (tertiary alicyclic amines) is 1. The normalized spacial score (nSPS) is 25.1. The number of fused-ring (bicyclic) bond motifs is 2. The molecular weight excluding hydrogens is 384 g/mol. The number of amides is 1. The van der Waals surface area contributed by atoms with Gasteiger partial charge in [0.1, 0.15) is 17.8 Å². The Kier molecular flexibility index (Phi) is 5.29. The Morgan fingerprint density at radius 3 is 3.11 bits per heavy atom. The highest BCUT2D eigenvalue weighted by molar-refractivity contribution is 8.04. The molecule has 0 unspecified atom stereocenters. The number of piperidine rings is 1. The number of anilines is 1. The minimum Gasteiger partial charge on any atom is -0.346 e. The van der Waals surface area contributed by atoms with Crippen LogP contribution in [0.3, 0.4) is 0 Å². The van der Waals surface area contributed by atoms with Crippen LogP contribution in [-0.4, -0.2) is 63.2 Å². The van der Waals surface area contributed by atoms with Crippen LogP contribution in [-0.2, 0) is 4.79 Å². The van der Waals surface area contributed by atoms with Gasteiger partial charge in [0.2, 0.25) is 0 Å². The molecule has 144 valence electrons. The van der Waals surface area contributed by atoms with E-state index < -0.39 is 0 Å². The van der Waals surface area contributed by atoms with E-state index in [1.807, 2.05) is 18.5 Å². The second-order valence-corrected chi connectivity index (χ2v) is 8.17. The Balaban J connectivity index is 0.00000180. The van der Waals surface area contributed by atoms with E-state index in [1.165, 1.54) is 6.42 Å². The summed E-state index contributed by atoms with van der Waals surface area (Å²) >= 11 is 1.66. The average Bonchev–Trinajstić information content (AvgIpc) is 3.36. The van der Waals surface area contributed by atoms with E-state index in [4.69, 9.17) is 0 Å². The van der Waals surface area contributed by atoms with Gasteiger partial charge in [-0.05, 0) is 31.9 Å². The zero-order valence-electron chi connectivity index (χ0n) is 14.9. The van der Waals surface area contributed by atoms with Crippen LogP contribution in [0.4, 0.5) is 5.82 Å². The predicted octanol–water partition coefficient (Wildman–Crippen LogP) is 2.13. The highest BCUT2D eigenvalue weighted by Gasteiger charge is 2.38. The molecule has 0 aromatic carbocycles. The summed E-state index contributed by atoms with van der Waals surface area (Å²) in [7, 11) is 0. The van der Waals surface area contributed by atoms with Crippen molar-refractivity contribution in [3.63, 3.8) is 0 Å². The van der Waals surface area contributed by atoms with Gasteiger partial charge in [-0.1, -0.05) is 0 Å². The number of aromatic nitrogens is 3. The smallest absolute Gasteiger partial charge is 0.262 e. The summed E-state index contributed by atoms with van der Waals surface area (Å²) in [6.07, 6.45) is 8.75. The molecule has 2 N–H and O–H groups in total. The molecule has 9 heteroatoms. The summed E-state index contributed by atoms with van der Waals surface area (Å²) in [5.74, 6) is 1.92. The molecule has 27 heavy (non-hydrogen) atoms. The van der Waals surface area contributed by atoms with Crippen molar-refractivity contribution < 1.29 is 4.79 Å². The topological polar surface area (TPSA) is 77.2 Å². The molecule has 0 spiro atoms. The van der Waals surface area contributed by atoms with E-state index in [1.54, 1.807) is 18.1 Å². The number of aromatic amines is 1. The Morgan fingerprint density at radius 2 is 2.19 bits per heavy atom. The third-order valence-electron chi connectivity index (χ3n) is 5.57. The highest BCUT2D eigenvalue weighted by atomic mass is 35.5. The first-order valence-electron chi connectivity index (χ1n) is 9.25. The van der Waals surface area contributed by atoms with Crippen LogP contribution >= 0.6 is 24.2 Å². The van der Waals surface area contributed by atoms with Gasteiger partial charge < -0.3 is 20.1 Å². The molecule has 2 atom stereocenters. The molecule has 0 radical (unpaired) electrons. The number of carbonyl (C=O) groups excluding carboxylic acids is 1. The van der Waals surface area contributed by atoms with Crippen molar-refractivity contribution >= 4 is 46.9 Å². The summed E-state index contributed by atoms with van der Waals surface area (Å²) < 4.78 is 0. The van der Waals surface area contributed by atoms with Crippen LogP contribution in [0.2, 0.25) is 0 Å². The third kappa shape index (κ3) is 3.30. The number of nitrogens with zero attached hydrogens (tertiary/aromatic N) is 4. The standard InChI is InChI=1S/C18H22N6OS.ClH/c25-18(24-7-1-2-13-14(24)4-6-19-13)15-10-23(8-9-26-15)17-12-3-5-20-16(12)21-11-22-17;/h3,5,10-11,13-14,19H,1-2,4,6-9H2,(H,20,21,22);1H/t13-,14-;/m1./s1. The number of thioether (sulfide) groups is 1. The first-order valence-corrected chi connectivity index (χ1v) is 10.2. The Bertz CT molecular complexity index is 870. The number of halogens is 1. The van der Waals surface area contributed by atoms with E-state index in [-0.39, 0.29) is 18.3 Å². The van der Waals surface area contributed by atoms with E-state index >= 15 is 0 Å². The average molecular weight is 407 g/mol. The van der Waals surface area contributed by atoms with Crippen molar-refractivity contribution in [2.75, 3.05) is 30.3 Å². The van der Waals surface area contributed by atoms with Crippen molar-refractivity contribution in [1.82, 2.24) is 25.2 Å². The molecule has 2 aromatic rings. The van der Waals surface area contributed by atoms with Gasteiger partial charge in [-0.15, -0.1) is 24.2 Å². The van der Waals surface area contributed by atoms with Gasteiger partial charge in [-0.2, -0.15) is 0 Å². The molecule has 0 aliphatic carbocycles. The lowest BCUT2D eigenvalue weighted by Gasteiger charge is -2.38. The van der Waals surface area contributed by atoms with Crippen molar-refractivity contribution in [3.05, 3.63) is 29.7 Å². The second-order valence-electron chi connectivity index (χ2n) is 7.03. The molecule has 5 heterocycles. The van der Waals surface area contributed by atoms with Gasteiger partial charge in [-0.25, -0.2) is 9.97 Å². The molecular formula is C18H23ClN6OS. The summed E-state index contributed by atoms with van der Waals surface area (Å²) in [4.78, 5) is 30.1. The Hall–Kier alpha value is -1.77. The van der Waals surface area contributed by atoms with Crippen LogP contribution in [0.5, 0.6) is 0 Å². The van der Waals surface area contributed by atoms with Crippen molar-refractivity contribution in [3.8, 4) is 0 Å². The zero-order chi connectivity index (χ0) is 17.5. The van der Waals surface area contributed by atoms with Gasteiger partial charge in [0.05, 0.1) is 10.3 Å². The van der Waals surface area contributed by atoms with Crippen molar-refractivity contribution in [2.24, 2.45) is 0 Å². The number of rotatable bonds is 2. The summed E-state index contributed by atoms with van der Waals surface area (Å²) in [6.45, 7) is 2.73. The SMILES string of the molecule is Cl.O=C(C1=CN(c2ncnc3[nH]ccc23)CCS1)N1CCC[C@H]2NCC[C@H]21. The maximum absolute atomic E-state index is 13.2. The van der Waals surface area contributed by atoms with Gasteiger partial charge in [0, 0.05) is 43.3 Å². The Labute approximate surface area is 168 Å². The van der Waals surface area contributed by atoms with E-state index in [9.17, 15) is 4.79 Å². The first kappa shape index (κ1) is 18.6. The van der Waals surface area contributed by atoms with Crippen molar-refractivity contribution in [2.45, 2.75) is 31.3 Å². The Morgan fingerprint density at radius 1 is 1.26 bits per heavy atom. The van der Waals surface area contributed by atoms with Crippen LogP contribution < -0.4 is 10.2 Å². The summed E-state index contributed by atoms with van der Waals surface area (Å²) in [5, 5.41) is 4.53. The number of H-pyrrole nitrogens is 1. The number of hydrogen-bond donors (Lipinski definition) is 2. The fraction of sp³-hybridized carbons (Fsp3) is 0.500. The predicted molar refractivity (Wildman–Crippen MR) is 110 cm³/mol. The van der Waals surface area contributed by atoms with Crippen LogP contribution in [0.15, 0.2) is 29.7 Å². The number of hydrogen-bond acceptors (Lipinski definition) is 6. The van der Waals surface area contributed by atoms with Crippen LogP contribution in [0.25, 0.3) is 11.0 Å². The van der Waals surface area contributed by atoms with E-state index in [2.05, 4.69) is 30.1 Å². The quantitative estimate of drug-likeness (QED) is 0.795. The lowest BCUT2D eigenvalue weighted by Crippen LogP contribution is -2.51. The number of carbonyl (C=O) groups is 1. The van der Waals surface area contributed by atoms with E-state index in [0.29, 0.717) is 12.1 Å². The molecule has 2 fully saturated rings. The van der Waals surface area contributed by atoms with Gasteiger partial charge >= 0.3 is 0 Å². The maximum atomic E-state index is 13.2. The fourth-order valence-electron chi connectivity index (χ4n) is 4.33. The zero-order valence-corrected chi connectivity index (χ0v) is 16.6. The number of nitrogens with one attached hydrogen (secondary N) is 2. The lowest BCUT2D eigenvalue weighted by atomic mass is 9.97. The summed E-state index contributed by atoms with van der Waals surface area (Å²) in [6, 6.07) is 2.81. The first-order chi connectivity index (χ1) is 12.8. The minimum atomic E-state index is 0. The molecule has 0 bridgehead atoms. The molecule has 7 nitrogen and oxygen atoms in total. The van der Waals surface area contributed by atoms with Gasteiger partial charge in [-0.3, -0.25) is 4.79 Å². The monoisotopic (exact) mass is 406 g/mol. The summed E-state index contributed by atoms with van der Waals surface area (Å²) in [5.41, 5.74) is 0.824. The molecule has 5 rings (SSSR count). The molecule has 3 aliphatic rings. The van der Waals surface area contributed by atoms with Gasteiger partial charge in [0.25, 0.3) is 5.91 Å². The molecule has 2 saturated heterocycles.